The van der Waals surface area contributed by atoms with Crippen molar-refractivity contribution in [3.8, 4) is 0 Å². The van der Waals surface area contributed by atoms with E-state index in [1.54, 1.807) is 13.8 Å². The molecule has 0 aliphatic carbocycles. The Bertz CT molecular complexity index is 1170. The molecule has 1 aliphatic heterocycles. The fourth-order valence-corrected chi connectivity index (χ4v) is 3.92. The second-order valence-electron chi connectivity index (χ2n) is 8.15. The molecule has 182 valence electrons. The number of amides is 2. The van der Waals surface area contributed by atoms with E-state index in [1.165, 1.54) is 12.1 Å². The van der Waals surface area contributed by atoms with Crippen molar-refractivity contribution in [1.82, 2.24) is 10.3 Å². The standard InChI is InChI=1S/C23H25F2N3O6/c1-10-17(9-14-20-16(28-22(14)33)4-3-15(24)21(20)25)27-11(2)19(10)23(34)26-6-5-12(29)7-13(30)8-18(31)32/h3-4,9,12-13,27,29-30H,5-8H2,1-2H3,(H,26,34)(H,28,33)(H,31,32)/b14-9-. The van der Waals surface area contributed by atoms with Crippen LogP contribution in [0.1, 0.15) is 52.1 Å². The molecular formula is C23H25F2N3O6. The van der Waals surface area contributed by atoms with Gasteiger partial charge in [0.05, 0.1) is 35.5 Å². The molecule has 11 heteroatoms. The Hall–Kier alpha value is -3.57. The quantitative estimate of drug-likeness (QED) is 0.304. The highest BCUT2D eigenvalue weighted by atomic mass is 19.2. The number of rotatable bonds is 9. The number of hydrogen-bond donors (Lipinski definition) is 6. The van der Waals surface area contributed by atoms with Gasteiger partial charge in [-0.25, -0.2) is 8.78 Å². The smallest absolute Gasteiger partial charge is 0.305 e. The van der Waals surface area contributed by atoms with Gasteiger partial charge in [-0.15, -0.1) is 0 Å². The SMILES string of the molecule is Cc1[nH]c(/C=C2\C(=O)Nc3ccc(F)c(F)c32)c(C)c1C(=O)NCCC(O)CC(O)CC(=O)O. The van der Waals surface area contributed by atoms with Gasteiger partial charge in [0, 0.05) is 23.5 Å². The first-order chi connectivity index (χ1) is 16.0. The molecule has 0 saturated carbocycles. The van der Waals surface area contributed by atoms with E-state index in [-0.39, 0.29) is 36.2 Å². The fraction of sp³-hybridized carbons (Fsp3) is 0.348. The van der Waals surface area contributed by atoms with Gasteiger partial charge in [-0.3, -0.25) is 14.4 Å². The number of aliphatic hydroxyl groups is 2. The lowest BCUT2D eigenvalue weighted by Gasteiger charge is -2.14. The second-order valence-corrected chi connectivity index (χ2v) is 8.15. The number of H-pyrrole nitrogens is 1. The number of carboxylic acids is 1. The molecular weight excluding hydrogens is 452 g/mol. The Kier molecular flexibility index (Phi) is 7.48. The summed E-state index contributed by atoms with van der Waals surface area (Å²) in [6.45, 7) is 3.35. The van der Waals surface area contributed by atoms with Gasteiger partial charge >= 0.3 is 5.97 Å². The summed E-state index contributed by atoms with van der Waals surface area (Å²) in [6, 6.07) is 2.20. The number of aliphatic hydroxyl groups excluding tert-OH is 2. The highest BCUT2D eigenvalue weighted by molar-refractivity contribution is 6.35. The zero-order valence-electron chi connectivity index (χ0n) is 18.5. The summed E-state index contributed by atoms with van der Waals surface area (Å²) in [5.41, 5.74) is 1.54. The lowest BCUT2D eigenvalue weighted by atomic mass is 10.0. The molecule has 0 radical (unpaired) electrons. The molecule has 2 aromatic rings. The number of aliphatic carboxylic acids is 1. The van der Waals surface area contributed by atoms with Crippen molar-refractivity contribution in [3.63, 3.8) is 0 Å². The summed E-state index contributed by atoms with van der Waals surface area (Å²) in [6.07, 6.45) is -1.35. The molecule has 2 amide bonds. The van der Waals surface area contributed by atoms with Crippen LogP contribution in [0, 0.1) is 25.5 Å². The van der Waals surface area contributed by atoms with Crippen LogP contribution in [0.3, 0.4) is 0 Å². The molecule has 2 heterocycles. The molecule has 3 rings (SSSR count). The highest BCUT2D eigenvalue weighted by Crippen LogP contribution is 2.36. The van der Waals surface area contributed by atoms with Gasteiger partial charge in [-0.05, 0) is 50.5 Å². The number of aryl methyl sites for hydroxylation is 1. The van der Waals surface area contributed by atoms with Crippen LogP contribution >= 0.6 is 0 Å². The Morgan fingerprint density at radius 1 is 1.18 bits per heavy atom. The number of carbonyl (C=O) groups is 3. The number of carboxylic acid groups (broad SMARTS) is 1. The van der Waals surface area contributed by atoms with Crippen LogP contribution in [0.5, 0.6) is 0 Å². The third kappa shape index (κ3) is 5.32. The van der Waals surface area contributed by atoms with E-state index in [9.17, 15) is 33.4 Å². The molecule has 2 unspecified atom stereocenters. The average molecular weight is 477 g/mol. The minimum Gasteiger partial charge on any atom is -0.481 e. The summed E-state index contributed by atoms with van der Waals surface area (Å²) in [5.74, 6) is -4.46. The Morgan fingerprint density at radius 3 is 2.56 bits per heavy atom. The first-order valence-corrected chi connectivity index (χ1v) is 10.6. The van der Waals surface area contributed by atoms with Crippen LogP contribution in [0.2, 0.25) is 0 Å². The van der Waals surface area contributed by atoms with Crippen molar-refractivity contribution in [1.29, 1.82) is 0 Å². The summed E-state index contributed by atoms with van der Waals surface area (Å²) in [4.78, 5) is 38.6. The molecule has 1 aliphatic rings. The summed E-state index contributed by atoms with van der Waals surface area (Å²) in [5, 5.41) is 33.3. The van der Waals surface area contributed by atoms with Crippen molar-refractivity contribution >= 4 is 35.1 Å². The number of fused-ring (bicyclic) bond motifs is 1. The van der Waals surface area contributed by atoms with Crippen LogP contribution in [-0.2, 0) is 9.59 Å². The average Bonchev–Trinajstić information content (AvgIpc) is 3.20. The Labute approximate surface area is 193 Å². The Balaban J connectivity index is 1.72. The van der Waals surface area contributed by atoms with Gasteiger partial charge < -0.3 is 30.9 Å². The maximum absolute atomic E-state index is 14.3. The van der Waals surface area contributed by atoms with Gasteiger partial charge in [-0.2, -0.15) is 0 Å². The van der Waals surface area contributed by atoms with Crippen LogP contribution in [0.25, 0.3) is 11.6 Å². The molecule has 1 aromatic carbocycles. The van der Waals surface area contributed by atoms with E-state index in [1.807, 2.05) is 0 Å². The van der Waals surface area contributed by atoms with Crippen LogP contribution in [-0.4, -0.2) is 56.8 Å². The fourth-order valence-electron chi connectivity index (χ4n) is 3.92. The number of hydrogen-bond acceptors (Lipinski definition) is 5. The maximum atomic E-state index is 14.3. The summed E-state index contributed by atoms with van der Waals surface area (Å²) >= 11 is 0. The molecule has 0 saturated heterocycles. The van der Waals surface area contributed by atoms with Crippen LogP contribution < -0.4 is 10.6 Å². The largest absolute Gasteiger partial charge is 0.481 e. The predicted octanol–water partition coefficient (Wildman–Crippen LogP) is 2.11. The number of aromatic nitrogens is 1. The number of anilines is 1. The third-order valence-electron chi connectivity index (χ3n) is 5.57. The zero-order chi connectivity index (χ0) is 25.2. The number of benzene rings is 1. The predicted molar refractivity (Wildman–Crippen MR) is 119 cm³/mol. The second kappa shape index (κ2) is 10.1. The van der Waals surface area contributed by atoms with E-state index < -0.39 is 48.0 Å². The van der Waals surface area contributed by atoms with Crippen LogP contribution in [0.15, 0.2) is 12.1 Å². The molecule has 6 N–H and O–H groups in total. The minimum atomic E-state index is -1.19. The first-order valence-electron chi connectivity index (χ1n) is 10.6. The maximum Gasteiger partial charge on any atom is 0.305 e. The van der Waals surface area contributed by atoms with Gasteiger partial charge in [-0.1, -0.05) is 0 Å². The normalized spacial score (nSPS) is 15.7. The van der Waals surface area contributed by atoms with Crippen molar-refractivity contribution in [2.24, 2.45) is 0 Å². The van der Waals surface area contributed by atoms with Crippen molar-refractivity contribution in [3.05, 3.63) is 51.8 Å². The lowest BCUT2D eigenvalue weighted by Crippen LogP contribution is -2.29. The van der Waals surface area contributed by atoms with Crippen molar-refractivity contribution in [2.75, 3.05) is 11.9 Å². The van der Waals surface area contributed by atoms with Crippen molar-refractivity contribution in [2.45, 2.75) is 45.3 Å². The monoisotopic (exact) mass is 477 g/mol. The molecule has 34 heavy (non-hydrogen) atoms. The number of halogens is 2. The summed E-state index contributed by atoms with van der Waals surface area (Å²) in [7, 11) is 0. The van der Waals surface area contributed by atoms with E-state index in [0.29, 0.717) is 22.5 Å². The highest BCUT2D eigenvalue weighted by Gasteiger charge is 2.30. The first kappa shape index (κ1) is 25.1. The number of carbonyl (C=O) groups excluding carboxylic acids is 2. The molecule has 1 aromatic heterocycles. The lowest BCUT2D eigenvalue weighted by molar-refractivity contribution is -0.139. The molecule has 2 atom stereocenters. The van der Waals surface area contributed by atoms with E-state index in [2.05, 4.69) is 15.6 Å². The van der Waals surface area contributed by atoms with Gasteiger partial charge in [0.1, 0.15) is 0 Å². The van der Waals surface area contributed by atoms with Gasteiger partial charge in [0.2, 0.25) is 0 Å². The number of aromatic amines is 1. The zero-order valence-corrected chi connectivity index (χ0v) is 18.5. The molecule has 9 nitrogen and oxygen atoms in total. The molecule has 0 fully saturated rings. The van der Waals surface area contributed by atoms with Gasteiger partial charge in [0.15, 0.2) is 11.6 Å². The van der Waals surface area contributed by atoms with E-state index in [4.69, 9.17) is 5.11 Å². The molecule has 0 spiro atoms. The summed E-state index contributed by atoms with van der Waals surface area (Å²) < 4.78 is 28.0. The van der Waals surface area contributed by atoms with E-state index in [0.717, 1.165) is 6.07 Å². The van der Waals surface area contributed by atoms with Gasteiger partial charge in [0.25, 0.3) is 11.8 Å². The minimum absolute atomic E-state index is 0.0700. The third-order valence-corrected chi connectivity index (χ3v) is 5.57. The number of nitrogens with one attached hydrogen (secondary N) is 3. The van der Waals surface area contributed by atoms with E-state index >= 15 is 0 Å². The Morgan fingerprint density at radius 2 is 1.88 bits per heavy atom. The van der Waals surface area contributed by atoms with Crippen LogP contribution in [0.4, 0.5) is 14.5 Å². The topological polar surface area (TPSA) is 152 Å². The molecule has 0 bridgehead atoms. The van der Waals surface area contributed by atoms with Crippen molar-refractivity contribution < 1.29 is 38.5 Å².